The van der Waals surface area contributed by atoms with E-state index in [9.17, 15) is 4.79 Å². The molecule has 164 valence electrons. The standard InChI is InChI=1S/C24H29N3O3S/c1-5-6-11-22-23(28)27(16-19-10-8-7-9-17(19)2)24(31-22)26-25-15-18-12-13-20(29-3)21(14-18)30-4/h7-10,12-15,22H,5-6,11,16H2,1-4H3. The molecule has 0 aliphatic carbocycles. The molecule has 0 saturated carbocycles. The van der Waals surface area contributed by atoms with Crippen LogP contribution in [0.2, 0.25) is 0 Å². The topological polar surface area (TPSA) is 63.5 Å². The summed E-state index contributed by atoms with van der Waals surface area (Å²) >= 11 is 1.51. The molecular weight excluding hydrogens is 410 g/mol. The first-order chi connectivity index (χ1) is 15.1. The minimum Gasteiger partial charge on any atom is -0.493 e. The second kappa shape index (κ2) is 11.0. The summed E-state index contributed by atoms with van der Waals surface area (Å²) in [6.45, 7) is 4.70. The molecule has 1 unspecified atom stereocenters. The van der Waals surface area contributed by atoms with Crippen LogP contribution in [0.3, 0.4) is 0 Å². The van der Waals surface area contributed by atoms with Crippen LogP contribution in [0.5, 0.6) is 11.5 Å². The van der Waals surface area contributed by atoms with Crippen molar-refractivity contribution in [3.8, 4) is 11.5 Å². The Balaban J connectivity index is 1.83. The van der Waals surface area contributed by atoms with Gasteiger partial charge in [0.05, 0.1) is 32.2 Å². The Kier molecular flexibility index (Phi) is 8.12. The Bertz CT molecular complexity index is 974. The summed E-state index contributed by atoms with van der Waals surface area (Å²) in [7, 11) is 3.20. The van der Waals surface area contributed by atoms with E-state index in [0.717, 1.165) is 36.0 Å². The molecule has 1 atom stereocenters. The summed E-state index contributed by atoms with van der Waals surface area (Å²) in [6, 6.07) is 13.7. The molecule has 0 radical (unpaired) electrons. The molecule has 0 N–H and O–H groups in total. The van der Waals surface area contributed by atoms with E-state index in [1.165, 1.54) is 11.8 Å². The molecule has 2 aromatic carbocycles. The van der Waals surface area contributed by atoms with Crippen molar-refractivity contribution in [2.24, 2.45) is 10.2 Å². The number of ether oxygens (including phenoxy) is 2. The monoisotopic (exact) mass is 439 g/mol. The molecule has 0 aromatic heterocycles. The predicted molar refractivity (Wildman–Crippen MR) is 127 cm³/mol. The lowest BCUT2D eigenvalue weighted by Gasteiger charge is -2.17. The lowest BCUT2D eigenvalue weighted by molar-refractivity contribution is -0.126. The van der Waals surface area contributed by atoms with E-state index in [0.29, 0.717) is 23.2 Å². The number of methoxy groups -OCH3 is 2. The minimum absolute atomic E-state index is 0.0981. The Morgan fingerprint density at radius 3 is 2.61 bits per heavy atom. The Morgan fingerprint density at radius 2 is 1.90 bits per heavy atom. The molecule has 6 nitrogen and oxygen atoms in total. The van der Waals surface area contributed by atoms with Crippen LogP contribution in [-0.2, 0) is 11.3 Å². The SMILES string of the molecule is CCCCC1SC(=NN=Cc2ccc(OC)c(OC)c2)N(Cc2ccccc2C)C1=O. The smallest absolute Gasteiger partial charge is 0.242 e. The second-order valence-electron chi connectivity index (χ2n) is 7.34. The zero-order chi connectivity index (χ0) is 22.2. The molecule has 0 bridgehead atoms. The zero-order valence-electron chi connectivity index (χ0n) is 18.5. The summed E-state index contributed by atoms with van der Waals surface area (Å²) in [6.07, 6.45) is 4.59. The summed E-state index contributed by atoms with van der Waals surface area (Å²) in [5.41, 5.74) is 3.11. The average molecular weight is 440 g/mol. The largest absolute Gasteiger partial charge is 0.493 e. The van der Waals surface area contributed by atoms with Crippen molar-refractivity contribution < 1.29 is 14.3 Å². The van der Waals surface area contributed by atoms with Crippen LogP contribution in [0, 0.1) is 6.92 Å². The molecule has 31 heavy (non-hydrogen) atoms. The average Bonchev–Trinajstić information content (AvgIpc) is 3.08. The predicted octanol–water partition coefficient (Wildman–Crippen LogP) is 5.04. The number of thioether (sulfide) groups is 1. The van der Waals surface area contributed by atoms with Crippen LogP contribution in [0.25, 0.3) is 0 Å². The van der Waals surface area contributed by atoms with Gasteiger partial charge in [-0.1, -0.05) is 55.8 Å². The summed E-state index contributed by atoms with van der Waals surface area (Å²) in [4.78, 5) is 14.8. The van der Waals surface area contributed by atoms with Gasteiger partial charge in [-0.15, -0.1) is 5.10 Å². The highest BCUT2D eigenvalue weighted by atomic mass is 32.2. The number of aryl methyl sites for hydroxylation is 1. The van der Waals surface area contributed by atoms with Crippen molar-refractivity contribution in [2.45, 2.75) is 44.9 Å². The van der Waals surface area contributed by atoms with Gasteiger partial charge in [-0.3, -0.25) is 9.69 Å². The van der Waals surface area contributed by atoms with Gasteiger partial charge in [0.2, 0.25) is 5.91 Å². The number of amidine groups is 1. The Morgan fingerprint density at radius 1 is 1.13 bits per heavy atom. The van der Waals surface area contributed by atoms with Crippen LogP contribution in [-0.4, -0.2) is 41.7 Å². The van der Waals surface area contributed by atoms with Crippen LogP contribution in [0.15, 0.2) is 52.7 Å². The number of unbranched alkanes of at least 4 members (excludes halogenated alkanes) is 1. The Hall–Kier alpha value is -2.80. The number of rotatable bonds is 9. The molecular formula is C24H29N3O3S. The van der Waals surface area contributed by atoms with Crippen molar-refractivity contribution >= 4 is 29.1 Å². The number of carbonyl (C=O) groups is 1. The van der Waals surface area contributed by atoms with Crippen LogP contribution < -0.4 is 9.47 Å². The van der Waals surface area contributed by atoms with Gasteiger partial charge in [0.15, 0.2) is 16.7 Å². The molecule has 1 fully saturated rings. The van der Waals surface area contributed by atoms with E-state index in [-0.39, 0.29) is 11.2 Å². The number of benzene rings is 2. The van der Waals surface area contributed by atoms with Crippen molar-refractivity contribution in [3.05, 3.63) is 59.2 Å². The van der Waals surface area contributed by atoms with E-state index in [1.807, 2.05) is 30.3 Å². The van der Waals surface area contributed by atoms with Crippen LogP contribution >= 0.6 is 11.8 Å². The van der Waals surface area contributed by atoms with Crippen molar-refractivity contribution in [1.29, 1.82) is 0 Å². The van der Waals surface area contributed by atoms with Gasteiger partial charge in [0, 0.05) is 0 Å². The highest BCUT2D eigenvalue weighted by Crippen LogP contribution is 2.32. The molecule has 1 aliphatic rings. The quantitative estimate of drug-likeness (QED) is 0.406. The third-order valence-electron chi connectivity index (χ3n) is 5.19. The van der Waals surface area contributed by atoms with Crippen molar-refractivity contribution in [3.63, 3.8) is 0 Å². The van der Waals surface area contributed by atoms with E-state index in [1.54, 1.807) is 25.3 Å². The van der Waals surface area contributed by atoms with Gasteiger partial charge >= 0.3 is 0 Å². The number of hydrogen-bond donors (Lipinski definition) is 0. The lowest BCUT2D eigenvalue weighted by Crippen LogP contribution is -2.31. The molecule has 1 amide bonds. The number of nitrogens with zero attached hydrogens (tertiary/aromatic N) is 3. The van der Waals surface area contributed by atoms with Gasteiger partial charge in [-0.25, -0.2) is 0 Å². The maximum Gasteiger partial charge on any atom is 0.242 e. The normalized spacial score (nSPS) is 17.7. The third kappa shape index (κ3) is 5.67. The van der Waals surface area contributed by atoms with E-state index in [4.69, 9.17) is 9.47 Å². The van der Waals surface area contributed by atoms with Gasteiger partial charge in [-0.05, 0) is 48.2 Å². The van der Waals surface area contributed by atoms with Gasteiger partial charge < -0.3 is 9.47 Å². The Labute approximate surface area is 188 Å². The maximum atomic E-state index is 13.1. The van der Waals surface area contributed by atoms with Gasteiger partial charge in [0.1, 0.15) is 0 Å². The van der Waals surface area contributed by atoms with Gasteiger partial charge in [-0.2, -0.15) is 5.10 Å². The number of amides is 1. The highest BCUT2D eigenvalue weighted by Gasteiger charge is 2.37. The third-order valence-corrected chi connectivity index (χ3v) is 6.42. The first-order valence-electron chi connectivity index (χ1n) is 10.4. The van der Waals surface area contributed by atoms with E-state index >= 15 is 0 Å². The minimum atomic E-state index is -0.0981. The molecule has 0 spiro atoms. The van der Waals surface area contributed by atoms with Crippen molar-refractivity contribution in [2.75, 3.05) is 14.2 Å². The molecule has 1 aliphatic heterocycles. The fourth-order valence-electron chi connectivity index (χ4n) is 3.34. The van der Waals surface area contributed by atoms with Crippen LogP contribution in [0.4, 0.5) is 0 Å². The fraction of sp³-hybridized carbons (Fsp3) is 0.375. The molecule has 7 heteroatoms. The lowest BCUT2D eigenvalue weighted by atomic mass is 10.1. The first kappa shape index (κ1) is 22.9. The molecule has 3 rings (SSSR count). The highest BCUT2D eigenvalue weighted by molar-refractivity contribution is 8.15. The molecule has 1 heterocycles. The second-order valence-corrected chi connectivity index (χ2v) is 8.51. The first-order valence-corrected chi connectivity index (χ1v) is 11.3. The number of carbonyl (C=O) groups excluding carboxylic acids is 1. The van der Waals surface area contributed by atoms with Gasteiger partial charge in [0.25, 0.3) is 0 Å². The van der Waals surface area contributed by atoms with Crippen molar-refractivity contribution in [1.82, 2.24) is 4.90 Å². The van der Waals surface area contributed by atoms with E-state index in [2.05, 4.69) is 36.2 Å². The molecule has 2 aromatic rings. The summed E-state index contributed by atoms with van der Waals surface area (Å²) in [5.74, 6) is 1.40. The fourth-order valence-corrected chi connectivity index (χ4v) is 4.48. The van der Waals surface area contributed by atoms with E-state index < -0.39 is 0 Å². The maximum absolute atomic E-state index is 13.1. The summed E-state index contributed by atoms with van der Waals surface area (Å²) < 4.78 is 10.6. The van der Waals surface area contributed by atoms with Crippen LogP contribution in [0.1, 0.15) is 42.9 Å². The number of hydrogen-bond acceptors (Lipinski definition) is 6. The summed E-state index contributed by atoms with van der Waals surface area (Å²) in [5, 5.41) is 9.23. The molecule has 1 saturated heterocycles. The zero-order valence-corrected chi connectivity index (χ0v) is 19.3.